The van der Waals surface area contributed by atoms with Gasteiger partial charge in [0, 0.05) is 50.4 Å². The number of carbonyl (C=O) groups excluding carboxylic acids is 1. The standard InChI is InChI=1S/C15H22N4O2/c20-9-8-19-12-15(4-2-14(19)21)3-1-7-18(11-15)13-10-16-5-6-17-13/h5-6,10,20H,1-4,7-9,11-12H2. The van der Waals surface area contributed by atoms with E-state index in [0.29, 0.717) is 13.0 Å². The van der Waals surface area contributed by atoms with E-state index in [-0.39, 0.29) is 17.9 Å². The van der Waals surface area contributed by atoms with Crippen molar-refractivity contribution in [2.75, 3.05) is 37.7 Å². The average molecular weight is 290 g/mol. The van der Waals surface area contributed by atoms with Gasteiger partial charge in [0.05, 0.1) is 12.8 Å². The van der Waals surface area contributed by atoms with Crippen molar-refractivity contribution in [3.05, 3.63) is 18.6 Å². The highest BCUT2D eigenvalue weighted by Gasteiger charge is 2.41. The zero-order valence-corrected chi connectivity index (χ0v) is 12.2. The predicted molar refractivity (Wildman–Crippen MR) is 78.8 cm³/mol. The number of hydrogen-bond donors (Lipinski definition) is 1. The molecule has 2 saturated heterocycles. The number of aromatic nitrogens is 2. The molecule has 1 atom stereocenters. The molecule has 1 N–H and O–H groups in total. The molecule has 1 spiro atoms. The third-order valence-corrected chi connectivity index (χ3v) is 4.65. The molecule has 21 heavy (non-hydrogen) atoms. The third kappa shape index (κ3) is 3.00. The van der Waals surface area contributed by atoms with E-state index in [9.17, 15) is 4.79 Å². The van der Waals surface area contributed by atoms with Crippen molar-refractivity contribution in [2.24, 2.45) is 5.41 Å². The summed E-state index contributed by atoms with van der Waals surface area (Å²) in [5, 5.41) is 9.13. The Morgan fingerprint density at radius 3 is 2.95 bits per heavy atom. The number of piperidine rings is 2. The summed E-state index contributed by atoms with van der Waals surface area (Å²) in [6.45, 7) is 3.15. The minimum Gasteiger partial charge on any atom is -0.395 e. The van der Waals surface area contributed by atoms with Gasteiger partial charge in [0.15, 0.2) is 0 Å². The second kappa shape index (κ2) is 5.97. The van der Waals surface area contributed by atoms with Crippen molar-refractivity contribution in [3.63, 3.8) is 0 Å². The Hall–Kier alpha value is -1.69. The molecule has 6 nitrogen and oxygen atoms in total. The number of rotatable bonds is 3. The van der Waals surface area contributed by atoms with E-state index < -0.39 is 0 Å². The van der Waals surface area contributed by atoms with Gasteiger partial charge < -0.3 is 14.9 Å². The maximum atomic E-state index is 11.9. The molecule has 3 heterocycles. The number of anilines is 1. The quantitative estimate of drug-likeness (QED) is 0.886. The number of nitrogens with zero attached hydrogens (tertiary/aromatic N) is 4. The monoisotopic (exact) mass is 290 g/mol. The van der Waals surface area contributed by atoms with E-state index in [4.69, 9.17) is 5.11 Å². The first-order valence-corrected chi connectivity index (χ1v) is 7.62. The van der Waals surface area contributed by atoms with Crippen LogP contribution >= 0.6 is 0 Å². The van der Waals surface area contributed by atoms with Crippen LogP contribution < -0.4 is 4.90 Å². The summed E-state index contributed by atoms with van der Waals surface area (Å²) in [4.78, 5) is 24.6. The average Bonchev–Trinajstić information content (AvgIpc) is 2.53. The second-order valence-corrected chi connectivity index (χ2v) is 6.13. The van der Waals surface area contributed by atoms with E-state index >= 15 is 0 Å². The molecule has 6 heteroatoms. The van der Waals surface area contributed by atoms with Crippen molar-refractivity contribution < 1.29 is 9.90 Å². The summed E-state index contributed by atoms with van der Waals surface area (Å²) >= 11 is 0. The first kappa shape index (κ1) is 14.3. The van der Waals surface area contributed by atoms with Gasteiger partial charge >= 0.3 is 0 Å². The molecule has 3 rings (SSSR count). The minimum absolute atomic E-state index is 0.0374. The summed E-state index contributed by atoms with van der Waals surface area (Å²) < 4.78 is 0. The summed E-state index contributed by atoms with van der Waals surface area (Å²) in [5.41, 5.74) is 0.138. The Bertz CT molecular complexity index is 496. The number of aliphatic hydroxyl groups is 1. The predicted octanol–water partition coefficient (Wildman–Crippen LogP) is 0.678. The van der Waals surface area contributed by atoms with Crippen LogP contribution in [0.15, 0.2) is 18.6 Å². The third-order valence-electron chi connectivity index (χ3n) is 4.65. The normalized spacial score (nSPS) is 26.4. The molecule has 0 bridgehead atoms. The molecule has 0 aliphatic carbocycles. The van der Waals surface area contributed by atoms with Crippen LogP contribution in [0.25, 0.3) is 0 Å². The second-order valence-electron chi connectivity index (χ2n) is 6.13. The highest BCUT2D eigenvalue weighted by Crippen LogP contribution is 2.39. The Morgan fingerprint density at radius 1 is 1.29 bits per heavy atom. The van der Waals surface area contributed by atoms with Crippen molar-refractivity contribution in [3.8, 4) is 0 Å². The molecule has 0 radical (unpaired) electrons. The van der Waals surface area contributed by atoms with Crippen molar-refractivity contribution in [1.82, 2.24) is 14.9 Å². The van der Waals surface area contributed by atoms with Crippen LogP contribution in [-0.2, 0) is 4.79 Å². The fourth-order valence-electron chi connectivity index (χ4n) is 3.62. The fourth-order valence-corrected chi connectivity index (χ4v) is 3.62. The fraction of sp³-hybridized carbons (Fsp3) is 0.667. The van der Waals surface area contributed by atoms with Crippen LogP contribution in [0.3, 0.4) is 0 Å². The number of likely N-dealkylation sites (tertiary alicyclic amines) is 1. The van der Waals surface area contributed by atoms with Crippen molar-refractivity contribution in [2.45, 2.75) is 25.7 Å². The van der Waals surface area contributed by atoms with Crippen LogP contribution in [-0.4, -0.2) is 58.7 Å². The Labute approximate surface area is 124 Å². The maximum Gasteiger partial charge on any atom is 0.222 e. The molecule has 1 aromatic rings. The van der Waals surface area contributed by atoms with Gasteiger partial charge in [-0.15, -0.1) is 0 Å². The van der Waals surface area contributed by atoms with E-state index in [0.717, 1.165) is 44.7 Å². The van der Waals surface area contributed by atoms with Crippen LogP contribution in [0.1, 0.15) is 25.7 Å². The lowest BCUT2D eigenvalue weighted by Gasteiger charge is -2.48. The summed E-state index contributed by atoms with van der Waals surface area (Å²) in [5.74, 6) is 1.09. The van der Waals surface area contributed by atoms with E-state index in [2.05, 4.69) is 14.9 Å². The maximum absolute atomic E-state index is 11.9. The highest BCUT2D eigenvalue weighted by molar-refractivity contribution is 5.77. The SMILES string of the molecule is O=C1CCC2(CCCN(c3cnccn3)C2)CN1CCO. The largest absolute Gasteiger partial charge is 0.395 e. The molecule has 0 saturated carbocycles. The number of amides is 1. The molecule has 114 valence electrons. The highest BCUT2D eigenvalue weighted by atomic mass is 16.3. The molecule has 1 unspecified atom stereocenters. The molecule has 1 aromatic heterocycles. The molecular weight excluding hydrogens is 268 g/mol. The Kier molecular flexibility index (Phi) is 4.05. The van der Waals surface area contributed by atoms with E-state index in [1.807, 2.05) is 4.90 Å². The first-order valence-electron chi connectivity index (χ1n) is 7.62. The molecule has 0 aromatic carbocycles. The molecule has 1 amide bonds. The van der Waals surface area contributed by atoms with Crippen LogP contribution in [0, 0.1) is 5.41 Å². The number of carbonyl (C=O) groups is 1. The van der Waals surface area contributed by atoms with E-state index in [1.54, 1.807) is 18.6 Å². The topological polar surface area (TPSA) is 69.6 Å². The summed E-state index contributed by atoms with van der Waals surface area (Å²) in [7, 11) is 0. The van der Waals surface area contributed by atoms with Gasteiger partial charge in [0.25, 0.3) is 0 Å². The van der Waals surface area contributed by atoms with Crippen molar-refractivity contribution in [1.29, 1.82) is 0 Å². The lowest BCUT2D eigenvalue weighted by Crippen LogP contribution is -2.54. The lowest BCUT2D eigenvalue weighted by atomic mass is 9.73. The van der Waals surface area contributed by atoms with Gasteiger partial charge in [0.2, 0.25) is 5.91 Å². The number of hydrogen-bond acceptors (Lipinski definition) is 5. The van der Waals surface area contributed by atoms with Crippen LogP contribution in [0.5, 0.6) is 0 Å². The number of aliphatic hydroxyl groups excluding tert-OH is 1. The minimum atomic E-state index is 0.0374. The van der Waals surface area contributed by atoms with Gasteiger partial charge in [-0.2, -0.15) is 0 Å². The van der Waals surface area contributed by atoms with Gasteiger partial charge in [-0.05, 0) is 19.3 Å². The van der Waals surface area contributed by atoms with Gasteiger partial charge in [0.1, 0.15) is 5.82 Å². The molecule has 2 fully saturated rings. The zero-order chi connectivity index (χ0) is 14.7. The Morgan fingerprint density at radius 2 is 2.19 bits per heavy atom. The number of β-amino-alcohol motifs (C(OH)–C–C–N with tert-alkyl or cyclic N) is 1. The first-order chi connectivity index (χ1) is 10.2. The summed E-state index contributed by atoms with van der Waals surface area (Å²) in [6, 6.07) is 0. The zero-order valence-electron chi connectivity index (χ0n) is 12.2. The smallest absolute Gasteiger partial charge is 0.222 e. The Balaban J connectivity index is 1.74. The lowest BCUT2D eigenvalue weighted by molar-refractivity contribution is -0.138. The van der Waals surface area contributed by atoms with E-state index in [1.165, 1.54) is 0 Å². The van der Waals surface area contributed by atoms with Gasteiger partial charge in [-0.3, -0.25) is 9.78 Å². The van der Waals surface area contributed by atoms with Gasteiger partial charge in [-0.25, -0.2) is 4.98 Å². The van der Waals surface area contributed by atoms with Gasteiger partial charge in [-0.1, -0.05) is 0 Å². The van der Waals surface area contributed by atoms with Crippen molar-refractivity contribution >= 4 is 11.7 Å². The summed E-state index contributed by atoms with van der Waals surface area (Å²) in [6.07, 6.45) is 8.98. The molecule has 2 aliphatic heterocycles. The molecular formula is C15H22N4O2. The van der Waals surface area contributed by atoms with Crippen LogP contribution in [0.2, 0.25) is 0 Å². The van der Waals surface area contributed by atoms with Crippen LogP contribution in [0.4, 0.5) is 5.82 Å². The molecule has 2 aliphatic rings.